The molecule has 1 heterocycles. The van der Waals surface area contributed by atoms with Crippen LogP contribution >= 0.6 is 23.2 Å². The molecule has 3 aromatic carbocycles. The highest BCUT2D eigenvalue weighted by atomic mass is 35.5. The molecule has 42 heavy (non-hydrogen) atoms. The van der Waals surface area contributed by atoms with Crippen LogP contribution in [0.1, 0.15) is 25.0 Å². The minimum Gasteiger partial charge on any atom is -0.486 e. The Hall–Kier alpha value is -3.47. The van der Waals surface area contributed by atoms with Crippen molar-refractivity contribution < 1.29 is 27.5 Å². The first-order valence-corrected chi connectivity index (χ1v) is 15.9. The second-order valence-electron chi connectivity index (χ2n) is 9.56. The smallest absolute Gasteiger partial charge is 0.244 e. The van der Waals surface area contributed by atoms with Gasteiger partial charge in [0.2, 0.25) is 21.8 Å². The van der Waals surface area contributed by atoms with Gasteiger partial charge in [0.05, 0.1) is 11.4 Å². The number of nitrogens with one attached hydrogen (secondary N) is 1. The molecule has 3 aromatic rings. The second kappa shape index (κ2) is 14.1. The molecule has 1 aliphatic heterocycles. The molecule has 0 aliphatic carbocycles. The number of carbonyl (C=O) groups excluding carboxylic acids is 2. The molecule has 0 bridgehead atoms. The van der Waals surface area contributed by atoms with Gasteiger partial charge in [-0.3, -0.25) is 13.9 Å². The Balaban J connectivity index is 1.77. The molecule has 0 radical (unpaired) electrons. The van der Waals surface area contributed by atoms with Crippen molar-refractivity contribution in [3.05, 3.63) is 87.9 Å². The summed E-state index contributed by atoms with van der Waals surface area (Å²) in [5.74, 6) is -0.382. The zero-order valence-corrected chi connectivity index (χ0v) is 25.7. The van der Waals surface area contributed by atoms with Crippen molar-refractivity contribution in [2.75, 3.05) is 36.4 Å². The normalized spacial score (nSPS) is 13.2. The summed E-state index contributed by atoms with van der Waals surface area (Å²) in [4.78, 5) is 29.1. The van der Waals surface area contributed by atoms with Gasteiger partial charge in [-0.2, -0.15) is 0 Å². The van der Waals surface area contributed by atoms with Crippen LogP contribution in [0.15, 0.2) is 66.7 Å². The van der Waals surface area contributed by atoms with E-state index in [2.05, 4.69) is 5.32 Å². The van der Waals surface area contributed by atoms with E-state index in [0.29, 0.717) is 46.9 Å². The Labute approximate surface area is 256 Å². The van der Waals surface area contributed by atoms with Crippen LogP contribution in [-0.2, 0) is 32.6 Å². The van der Waals surface area contributed by atoms with E-state index in [9.17, 15) is 18.0 Å². The maximum Gasteiger partial charge on any atom is 0.244 e. The molecule has 0 aromatic heterocycles. The summed E-state index contributed by atoms with van der Waals surface area (Å²) >= 11 is 13.0. The van der Waals surface area contributed by atoms with E-state index >= 15 is 0 Å². The number of rotatable bonds is 12. The number of amides is 2. The summed E-state index contributed by atoms with van der Waals surface area (Å²) in [5, 5.41) is 3.45. The lowest BCUT2D eigenvalue weighted by Gasteiger charge is -2.34. The van der Waals surface area contributed by atoms with Gasteiger partial charge >= 0.3 is 0 Å². The molecule has 0 saturated heterocycles. The SMILES string of the molecule is CCNC(=O)[C@@H](Cc1ccccc1)N(Cc1c(Cl)cccc1Cl)C(=O)CN(c1ccc2c(c1)OCCO2)S(=O)(=O)CC. The molecular formula is C30H33Cl2N3O6S. The lowest BCUT2D eigenvalue weighted by atomic mass is 10.0. The number of anilines is 1. The van der Waals surface area contributed by atoms with Crippen LogP contribution in [0.25, 0.3) is 0 Å². The summed E-state index contributed by atoms with van der Waals surface area (Å²) < 4.78 is 39.0. The highest BCUT2D eigenvalue weighted by Gasteiger charge is 2.34. The number of ether oxygens (including phenoxy) is 2. The maximum absolute atomic E-state index is 14.2. The van der Waals surface area contributed by atoms with E-state index in [1.165, 1.54) is 17.9 Å². The molecular weight excluding hydrogens is 601 g/mol. The fourth-order valence-corrected chi connectivity index (χ4v) is 6.18. The Morgan fingerprint density at radius 1 is 0.929 bits per heavy atom. The summed E-state index contributed by atoms with van der Waals surface area (Å²) in [6, 6.07) is 18.0. The molecule has 1 atom stereocenters. The first-order valence-electron chi connectivity index (χ1n) is 13.6. The van der Waals surface area contributed by atoms with Crippen LogP contribution in [0.4, 0.5) is 5.69 Å². The van der Waals surface area contributed by atoms with Crippen molar-refractivity contribution >= 4 is 50.7 Å². The zero-order chi connectivity index (χ0) is 30.3. The van der Waals surface area contributed by atoms with E-state index in [1.54, 1.807) is 37.3 Å². The monoisotopic (exact) mass is 633 g/mol. The standard InChI is InChI=1S/C30H33Cl2N3O6S/c1-3-33-30(37)26(17-21-9-6-5-7-10-21)34(19-23-24(31)11-8-12-25(23)32)29(36)20-35(42(38,39)4-2)22-13-14-27-28(18-22)41-16-15-40-27/h5-14,18,26H,3-4,15-17,19-20H2,1-2H3,(H,33,37)/t26-/m1/s1. The summed E-state index contributed by atoms with van der Waals surface area (Å²) in [6.45, 7) is 3.63. The third-order valence-electron chi connectivity index (χ3n) is 6.81. The number of carbonyl (C=O) groups is 2. The number of sulfonamides is 1. The first kappa shape index (κ1) is 31.5. The minimum absolute atomic E-state index is 0.118. The molecule has 2 amide bonds. The molecule has 1 N–H and O–H groups in total. The lowest BCUT2D eigenvalue weighted by molar-refractivity contribution is -0.140. The number of benzene rings is 3. The minimum atomic E-state index is -3.94. The van der Waals surface area contributed by atoms with Crippen molar-refractivity contribution in [1.29, 1.82) is 0 Å². The Bertz CT molecular complexity index is 1500. The van der Waals surface area contributed by atoms with Gasteiger partial charge in [0, 0.05) is 41.2 Å². The van der Waals surface area contributed by atoms with Crippen LogP contribution in [0, 0.1) is 0 Å². The third-order valence-corrected chi connectivity index (χ3v) is 9.25. The van der Waals surface area contributed by atoms with Gasteiger partial charge in [0.15, 0.2) is 11.5 Å². The van der Waals surface area contributed by atoms with Crippen molar-refractivity contribution in [3.63, 3.8) is 0 Å². The third kappa shape index (κ3) is 7.48. The van der Waals surface area contributed by atoms with E-state index in [0.717, 1.165) is 9.87 Å². The Morgan fingerprint density at radius 2 is 1.60 bits per heavy atom. The number of halogens is 2. The number of fused-ring (bicyclic) bond motifs is 1. The fraction of sp³-hybridized carbons (Fsp3) is 0.333. The number of hydrogen-bond donors (Lipinski definition) is 1. The summed E-state index contributed by atoms with van der Waals surface area (Å²) in [6.07, 6.45) is 0.186. The van der Waals surface area contributed by atoms with E-state index < -0.39 is 28.5 Å². The van der Waals surface area contributed by atoms with Crippen molar-refractivity contribution in [1.82, 2.24) is 10.2 Å². The molecule has 0 saturated carbocycles. The van der Waals surface area contributed by atoms with Crippen molar-refractivity contribution in [3.8, 4) is 11.5 Å². The van der Waals surface area contributed by atoms with Crippen molar-refractivity contribution in [2.45, 2.75) is 32.9 Å². The average molecular weight is 635 g/mol. The van der Waals surface area contributed by atoms with Crippen LogP contribution in [0.5, 0.6) is 11.5 Å². The van der Waals surface area contributed by atoms with Gasteiger partial charge in [-0.15, -0.1) is 0 Å². The molecule has 0 spiro atoms. The van der Waals surface area contributed by atoms with Gasteiger partial charge < -0.3 is 19.7 Å². The maximum atomic E-state index is 14.2. The van der Waals surface area contributed by atoms with Crippen LogP contribution in [-0.4, -0.2) is 63.2 Å². The highest BCUT2D eigenvalue weighted by molar-refractivity contribution is 7.92. The Morgan fingerprint density at radius 3 is 2.24 bits per heavy atom. The highest BCUT2D eigenvalue weighted by Crippen LogP contribution is 2.35. The molecule has 12 heteroatoms. The lowest BCUT2D eigenvalue weighted by Crippen LogP contribution is -2.53. The quantitative estimate of drug-likeness (QED) is 0.310. The largest absolute Gasteiger partial charge is 0.486 e. The summed E-state index contributed by atoms with van der Waals surface area (Å²) in [7, 11) is -3.94. The van der Waals surface area contributed by atoms with Gasteiger partial charge in [0.25, 0.3) is 0 Å². The fourth-order valence-electron chi connectivity index (χ4n) is 4.61. The number of likely N-dealkylation sites (N-methyl/N-ethyl adjacent to an activating group) is 1. The van der Waals surface area contributed by atoms with Gasteiger partial charge in [0.1, 0.15) is 25.8 Å². The molecule has 0 unspecified atom stereocenters. The van der Waals surface area contributed by atoms with Crippen molar-refractivity contribution in [2.24, 2.45) is 0 Å². The molecule has 4 rings (SSSR count). The molecule has 9 nitrogen and oxygen atoms in total. The molecule has 1 aliphatic rings. The average Bonchev–Trinajstić information content (AvgIpc) is 2.99. The van der Waals surface area contributed by atoms with Crippen LogP contribution < -0.4 is 19.1 Å². The van der Waals surface area contributed by atoms with E-state index in [1.807, 2.05) is 30.3 Å². The van der Waals surface area contributed by atoms with Gasteiger partial charge in [-0.25, -0.2) is 8.42 Å². The van der Waals surface area contributed by atoms with Crippen LogP contribution in [0.2, 0.25) is 10.0 Å². The summed E-state index contributed by atoms with van der Waals surface area (Å²) in [5.41, 5.74) is 1.50. The van der Waals surface area contributed by atoms with Gasteiger partial charge in [-0.05, 0) is 43.7 Å². The number of nitrogens with zero attached hydrogens (tertiary/aromatic N) is 2. The Kier molecular flexibility index (Phi) is 10.6. The van der Waals surface area contributed by atoms with E-state index in [4.69, 9.17) is 32.7 Å². The van der Waals surface area contributed by atoms with E-state index in [-0.39, 0.29) is 30.3 Å². The second-order valence-corrected chi connectivity index (χ2v) is 12.6. The predicted octanol–water partition coefficient (Wildman–Crippen LogP) is 4.70. The topological polar surface area (TPSA) is 105 Å². The first-order chi connectivity index (χ1) is 20.1. The van der Waals surface area contributed by atoms with Crippen LogP contribution in [0.3, 0.4) is 0 Å². The number of hydrogen-bond acceptors (Lipinski definition) is 6. The zero-order valence-electron chi connectivity index (χ0n) is 23.4. The predicted molar refractivity (Wildman–Crippen MR) is 164 cm³/mol. The molecule has 224 valence electrons. The van der Waals surface area contributed by atoms with Gasteiger partial charge in [-0.1, -0.05) is 59.6 Å². The molecule has 0 fully saturated rings.